The molecule has 3 fully saturated rings. The number of aromatic amines is 1. The Bertz CT molecular complexity index is 1130. The lowest BCUT2D eigenvalue weighted by molar-refractivity contribution is -0.149. The molecule has 0 aromatic carbocycles. The van der Waals surface area contributed by atoms with Crippen molar-refractivity contribution in [3.63, 3.8) is 0 Å². The van der Waals surface area contributed by atoms with E-state index in [0.717, 1.165) is 44.5 Å². The number of hydrogen-bond acceptors (Lipinski definition) is 7. The van der Waals surface area contributed by atoms with Crippen LogP contribution in [0.3, 0.4) is 0 Å². The van der Waals surface area contributed by atoms with Crippen LogP contribution < -0.4 is 5.32 Å². The van der Waals surface area contributed by atoms with Crippen molar-refractivity contribution in [2.75, 3.05) is 12.4 Å². The minimum Gasteiger partial charge on any atom is -0.469 e. The molecular weight excluding hydrogens is 406 g/mol. The molecule has 0 amide bonds. The fourth-order valence-electron chi connectivity index (χ4n) is 5.14. The van der Waals surface area contributed by atoms with Gasteiger partial charge in [0.2, 0.25) is 0 Å². The number of aromatic nitrogens is 5. The number of H-pyrrole nitrogens is 1. The first-order chi connectivity index (χ1) is 15.0. The molecule has 2 unspecified atom stereocenters. The van der Waals surface area contributed by atoms with Crippen LogP contribution in [-0.2, 0) is 9.53 Å². The molecule has 3 heterocycles. The van der Waals surface area contributed by atoms with Crippen LogP contribution in [0.4, 0.5) is 14.6 Å². The van der Waals surface area contributed by atoms with Crippen molar-refractivity contribution in [1.29, 1.82) is 0 Å². The van der Waals surface area contributed by atoms with E-state index in [1.54, 1.807) is 0 Å². The Kier molecular flexibility index (Phi) is 4.99. The smallest absolute Gasteiger partial charge is 0.311 e. The van der Waals surface area contributed by atoms with Gasteiger partial charge in [-0.3, -0.25) is 9.89 Å². The molecular formula is C21H22F2N6O2. The summed E-state index contributed by atoms with van der Waals surface area (Å²) in [7, 11) is 1.39. The second-order valence-corrected chi connectivity index (χ2v) is 8.26. The second kappa shape index (κ2) is 7.82. The number of pyridine rings is 1. The SMILES string of the molecule is COC(=O)[C@@H]1C2CCCC(CC2)[C@H]1Nc1nc(-c2[nH]nc3ncc(F)cc23)ncc1F. The molecule has 3 aromatic heterocycles. The zero-order valence-corrected chi connectivity index (χ0v) is 16.9. The van der Waals surface area contributed by atoms with Gasteiger partial charge in [-0.25, -0.2) is 23.7 Å². The quantitative estimate of drug-likeness (QED) is 0.613. The van der Waals surface area contributed by atoms with Crippen LogP contribution >= 0.6 is 0 Å². The Hall–Kier alpha value is -3.17. The number of nitrogens with zero attached hydrogens (tertiary/aromatic N) is 4. The summed E-state index contributed by atoms with van der Waals surface area (Å²) in [5.74, 6) is -1.17. The van der Waals surface area contributed by atoms with Gasteiger partial charge in [0.1, 0.15) is 11.5 Å². The highest BCUT2D eigenvalue weighted by Crippen LogP contribution is 2.44. The topological polar surface area (TPSA) is 106 Å². The molecule has 0 spiro atoms. The maximum absolute atomic E-state index is 14.7. The number of methoxy groups -OCH3 is 1. The lowest BCUT2D eigenvalue weighted by atomic mass is 9.71. The van der Waals surface area contributed by atoms with Crippen LogP contribution in [0.5, 0.6) is 0 Å². The Morgan fingerprint density at radius 1 is 1.16 bits per heavy atom. The third-order valence-corrected chi connectivity index (χ3v) is 6.58. The molecule has 10 heteroatoms. The molecule has 31 heavy (non-hydrogen) atoms. The molecule has 3 saturated carbocycles. The van der Waals surface area contributed by atoms with E-state index in [2.05, 4.69) is 30.5 Å². The van der Waals surface area contributed by atoms with Gasteiger partial charge >= 0.3 is 5.97 Å². The molecule has 0 radical (unpaired) electrons. The minimum atomic E-state index is -0.624. The van der Waals surface area contributed by atoms with Gasteiger partial charge in [-0.15, -0.1) is 0 Å². The van der Waals surface area contributed by atoms with Crippen LogP contribution in [0.25, 0.3) is 22.6 Å². The van der Waals surface area contributed by atoms with E-state index in [1.807, 2.05) is 0 Å². The third-order valence-electron chi connectivity index (χ3n) is 6.58. The summed E-state index contributed by atoms with van der Waals surface area (Å²) < 4.78 is 33.5. The average molecular weight is 428 g/mol. The number of fused-ring (bicyclic) bond motifs is 5. The van der Waals surface area contributed by atoms with E-state index in [0.29, 0.717) is 16.7 Å². The Morgan fingerprint density at radius 2 is 1.97 bits per heavy atom. The first kappa shape index (κ1) is 19.8. The van der Waals surface area contributed by atoms with E-state index in [1.165, 1.54) is 13.2 Å². The van der Waals surface area contributed by atoms with Crippen molar-refractivity contribution >= 4 is 22.8 Å². The van der Waals surface area contributed by atoms with Crippen molar-refractivity contribution in [2.24, 2.45) is 17.8 Å². The number of nitrogens with one attached hydrogen (secondary N) is 2. The van der Waals surface area contributed by atoms with E-state index in [4.69, 9.17) is 4.74 Å². The van der Waals surface area contributed by atoms with Crippen LogP contribution in [-0.4, -0.2) is 44.3 Å². The number of rotatable bonds is 4. The fourth-order valence-corrected chi connectivity index (χ4v) is 5.14. The number of carbonyl (C=O) groups is 1. The van der Waals surface area contributed by atoms with Crippen molar-refractivity contribution in [2.45, 2.75) is 38.1 Å². The monoisotopic (exact) mass is 428 g/mol. The molecule has 3 aliphatic rings. The van der Waals surface area contributed by atoms with E-state index >= 15 is 0 Å². The molecule has 162 valence electrons. The number of esters is 1. The average Bonchev–Trinajstić information content (AvgIpc) is 2.94. The van der Waals surface area contributed by atoms with Gasteiger partial charge in [0.25, 0.3) is 0 Å². The van der Waals surface area contributed by atoms with Gasteiger partial charge in [0, 0.05) is 6.04 Å². The molecule has 4 atom stereocenters. The second-order valence-electron chi connectivity index (χ2n) is 8.26. The van der Waals surface area contributed by atoms with E-state index < -0.39 is 11.6 Å². The maximum Gasteiger partial charge on any atom is 0.311 e. The lowest BCUT2D eigenvalue weighted by Gasteiger charge is -2.39. The molecule has 6 rings (SSSR count). The van der Waals surface area contributed by atoms with Crippen molar-refractivity contribution in [3.05, 3.63) is 30.1 Å². The van der Waals surface area contributed by atoms with Gasteiger partial charge < -0.3 is 10.1 Å². The summed E-state index contributed by atoms with van der Waals surface area (Å²) in [6.07, 6.45) is 7.05. The van der Waals surface area contributed by atoms with Crippen LogP contribution in [0.15, 0.2) is 18.5 Å². The summed E-state index contributed by atoms with van der Waals surface area (Å²) >= 11 is 0. The van der Waals surface area contributed by atoms with E-state index in [9.17, 15) is 13.6 Å². The first-order valence-corrected chi connectivity index (χ1v) is 10.4. The Balaban J connectivity index is 1.52. The summed E-state index contributed by atoms with van der Waals surface area (Å²) in [6.45, 7) is 0. The molecule has 0 aliphatic heterocycles. The molecule has 0 saturated heterocycles. The highest BCUT2D eigenvalue weighted by molar-refractivity contribution is 5.88. The zero-order chi connectivity index (χ0) is 21.5. The number of carbonyl (C=O) groups excluding carboxylic acids is 1. The fraction of sp³-hybridized carbons (Fsp3) is 0.476. The molecule has 3 aromatic rings. The number of ether oxygens (including phenoxy) is 1. The Morgan fingerprint density at radius 3 is 2.81 bits per heavy atom. The van der Waals surface area contributed by atoms with Crippen LogP contribution in [0.2, 0.25) is 0 Å². The number of anilines is 1. The summed E-state index contributed by atoms with van der Waals surface area (Å²) in [5, 5.41) is 10.4. The molecule has 3 aliphatic carbocycles. The van der Waals surface area contributed by atoms with Gasteiger partial charge in [-0.2, -0.15) is 5.10 Å². The van der Waals surface area contributed by atoms with Crippen LogP contribution in [0.1, 0.15) is 32.1 Å². The van der Waals surface area contributed by atoms with Gasteiger partial charge in [-0.1, -0.05) is 6.42 Å². The lowest BCUT2D eigenvalue weighted by Crippen LogP contribution is -2.47. The van der Waals surface area contributed by atoms with Crippen molar-refractivity contribution in [3.8, 4) is 11.5 Å². The highest BCUT2D eigenvalue weighted by atomic mass is 19.1. The normalized spacial score (nSPS) is 25.4. The Labute approximate surface area is 176 Å². The minimum absolute atomic E-state index is 0.00330. The summed E-state index contributed by atoms with van der Waals surface area (Å²) in [6, 6.07) is 1.00. The number of halogens is 2. The van der Waals surface area contributed by atoms with Gasteiger partial charge in [-0.05, 0) is 43.6 Å². The van der Waals surface area contributed by atoms with E-state index in [-0.39, 0.29) is 41.4 Å². The molecule has 2 bridgehead atoms. The highest BCUT2D eigenvalue weighted by Gasteiger charge is 2.46. The van der Waals surface area contributed by atoms with Crippen molar-refractivity contribution < 1.29 is 18.3 Å². The standard InChI is InChI=1S/C21H22F2N6O2/c1-31-21(30)15-10-3-2-4-11(6-5-10)16(15)26-19-14(23)9-25-20(27-19)17-13-7-12(22)8-24-18(13)29-28-17/h7-11,15-16H,2-6H2,1H3,(H,24,28,29)(H,25,26,27)/t10?,11?,15-,16-/m1/s1. The summed E-state index contributed by atoms with van der Waals surface area (Å²) in [5.41, 5.74) is 0.655. The predicted molar refractivity (Wildman–Crippen MR) is 108 cm³/mol. The van der Waals surface area contributed by atoms with Crippen molar-refractivity contribution in [1.82, 2.24) is 25.1 Å². The maximum atomic E-state index is 14.7. The zero-order valence-electron chi connectivity index (χ0n) is 16.9. The van der Waals surface area contributed by atoms with Gasteiger partial charge in [0.05, 0.1) is 30.8 Å². The summed E-state index contributed by atoms with van der Waals surface area (Å²) in [4.78, 5) is 24.9. The molecule has 8 nitrogen and oxygen atoms in total. The van der Waals surface area contributed by atoms with Gasteiger partial charge in [0.15, 0.2) is 23.1 Å². The number of hydrogen-bond donors (Lipinski definition) is 2. The first-order valence-electron chi connectivity index (χ1n) is 10.4. The largest absolute Gasteiger partial charge is 0.469 e. The third kappa shape index (κ3) is 3.49. The predicted octanol–water partition coefficient (Wildman–Crippen LogP) is 3.47. The molecule has 2 N–H and O–H groups in total. The van der Waals surface area contributed by atoms with Crippen LogP contribution in [0, 0.1) is 29.4 Å².